The number of carbonyl (C=O) groups excluding carboxylic acids is 2. The molecule has 0 aliphatic heterocycles. The molecule has 0 bridgehead atoms. The number of anilines is 2. The predicted molar refractivity (Wildman–Crippen MR) is 100 cm³/mol. The highest BCUT2D eigenvalue weighted by Crippen LogP contribution is 2.22. The molecule has 25 heavy (non-hydrogen) atoms. The summed E-state index contributed by atoms with van der Waals surface area (Å²) in [6.07, 6.45) is 0. The number of rotatable bonds is 5. The lowest BCUT2D eigenvalue weighted by Crippen LogP contribution is -2.32. The molecular formula is C20H24N2O3. The van der Waals surface area contributed by atoms with E-state index < -0.39 is 6.04 Å². The fraction of sp³-hybridized carbons (Fsp3) is 0.300. The van der Waals surface area contributed by atoms with Gasteiger partial charge in [-0.15, -0.1) is 0 Å². The number of benzene rings is 2. The van der Waals surface area contributed by atoms with Crippen molar-refractivity contribution in [2.75, 3.05) is 17.7 Å². The minimum absolute atomic E-state index is 0.118. The topological polar surface area (TPSA) is 67.4 Å². The number of hydrogen-bond donors (Lipinski definition) is 2. The summed E-state index contributed by atoms with van der Waals surface area (Å²) >= 11 is 0. The van der Waals surface area contributed by atoms with Crippen molar-refractivity contribution in [2.24, 2.45) is 0 Å². The van der Waals surface area contributed by atoms with E-state index >= 15 is 0 Å². The predicted octanol–water partition coefficient (Wildman–Crippen LogP) is 3.84. The highest BCUT2D eigenvalue weighted by Gasteiger charge is 2.15. The van der Waals surface area contributed by atoms with Crippen molar-refractivity contribution in [1.29, 1.82) is 0 Å². The molecule has 0 aliphatic rings. The number of carbonyl (C=O) groups is 2. The third-order valence-electron chi connectivity index (χ3n) is 4.01. The average Bonchev–Trinajstić information content (AvgIpc) is 2.57. The van der Waals surface area contributed by atoms with Crippen LogP contribution in [0.25, 0.3) is 0 Å². The number of aryl methyl sites for hydroxylation is 3. The van der Waals surface area contributed by atoms with E-state index in [9.17, 15) is 9.59 Å². The summed E-state index contributed by atoms with van der Waals surface area (Å²) < 4.78 is 4.67. The van der Waals surface area contributed by atoms with E-state index in [1.807, 2.05) is 32.9 Å². The Balaban J connectivity index is 2.04. The first-order chi connectivity index (χ1) is 11.8. The fourth-order valence-electron chi connectivity index (χ4n) is 2.74. The molecule has 2 N–H and O–H groups in total. The van der Waals surface area contributed by atoms with Gasteiger partial charge in [-0.3, -0.25) is 4.79 Å². The molecule has 0 spiro atoms. The van der Waals surface area contributed by atoms with Gasteiger partial charge >= 0.3 is 5.97 Å². The zero-order valence-corrected chi connectivity index (χ0v) is 15.3. The molecule has 2 aromatic carbocycles. The van der Waals surface area contributed by atoms with Gasteiger partial charge in [-0.1, -0.05) is 17.7 Å². The summed E-state index contributed by atoms with van der Waals surface area (Å²) in [6, 6.07) is 10.5. The van der Waals surface area contributed by atoms with Crippen molar-refractivity contribution in [1.82, 2.24) is 0 Å². The number of hydrogen-bond acceptors (Lipinski definition) is 4. The molecule has 1 amide bonds. The Labute approximate surface area is 148 Å². The highest BCUT2D eigenvalue weighted by atomic mass is 16.5. The third-order valence-corrected chi connectivity index (χ3v) is 4.01. The molecule has 0 saturated carbocycles. The van der Waals surface area contributed by atoms with Crippen LogP contribution in [0.4, 0.5) is 11.4 Å². The lowest BCUT2D eigenvalue weighted by molar-refractivity contribution is -0.116. The van der Waals surface area contributed by atoms with Crippen LogP contribution in [0.5, 0.6) is 0 Å². The lowest BCUT2D eigenvalue weighted by atomic mass is 10.0. The average molecular weight is 340 g/mol. The molecule has 0 aromatic heterocycles. The maximum absolute atomic E-state index is 12.5. The van der Waals surface area contributed by atoms with Crippen LogP contribution in [0.15, 0.2) is 36.4 Å². The van der Waals surface area contributed by atoms with Gasteiger partial charge in [0.1, 0.15) is 6.04 Å². The lowest BCUT2D eigenvalue weighted by Gasteiger charge is -2.18. The van der Waals surface area contributed by atoms with Crippen LogP contribution < -0.4 is 10.6 Å². The first-order valence-electron chi connectivity index (χ1n) is 8.15. The summed E-state index contributed by atoms with van der Waals surface area (Å²) in [6.45, 7) is 7.80. The largest absolute Gasteiger partial charge is 0.465 e. The summed E-state index contributed by atoms with van der Waals surface area (Å²) in [5.74, 6) is -0.505. The quantitative estimate of drug-likeness (QED) is 0.812. The van der Waals surface area contributed by atoms with Gasteiger partial charge in [-0.25, -0.2) is 4.79 Å². The van der Waals surface area contributed by atoms with Crippen LogP contribution in [-0.2, 0) is 9.53 Å². The van der Waals surface area contributed by atoms with Crippen LogP contribution >= 0.6 is 0 Å². The minimum atomic E-state index is -0.427. The number of methoxy groups -OCH3 is 1. The molecule has 0 fully saturated rings. The summed E-state index contributed by atoms with van der Waals surface area (Å²) in [5.41, 5.74) is 5.33. The van der Waals surface area contributed by atoms with E-state index in [-0.39, 0.29) is 11.9 Å². The number of amides is 1. The summed E-state index contributed by atoms with van der Waals surface area (Å²) in [7, 11) is 1.34. The number of ether oxygens (including phenoxy) is 1. The zero-order chi connectivity index (χ0) is 18.6. The van der Waals surface area contributed by atoms with Crippen LogP contribution in [0.3, 0.4) is 0 Å². The molecule has 0 heterocycles. The molecule has 132 valence electrons. The minimum Gasteiger partial charge on any atom is -0.465 e. The van der Waals surface area contributed by atoms with Crippen molar-refractivity contribution in [2.45, 2.75) is 33.7 Å². The maximum Gasteiger partial charge on any atom is 0.337 e. The van der Waals surface area contributed by atoms with Crippen LogP contribution in [0.1, 0.15) is 34.0 Å². The van der Waals surface area contributed by atoms with Gasteiger partial charge in [0.05, 0.1) is 12.7 Å². The second kappa shape index (κ2) is 7.83. The molecule has 0 radical (unpaired) electrons. The molecular weight excluding hydrogens is 316 g/mol. The van der Waals surface area contributed by atoms with Crippen molar-refractivity contribution in [3.05, 3.63) is 58.7 Å². The molecule has 0 aliphatic carbocycles. The smallest absolute Gasteiger partial charge is 0.337 e. The van der Waals surface area contributed by atoms with Gasteiger partial charge in [0.15, 0.2) is 0 Å². The Morgan fingerprint density at radius 2 is 1.56 bits per heavy atom. The summed E-state index contributed by atoms with van der Waals surface area (Å²) in [4.78, 5) is 23.9. The van der Waals surface area contributed by atoms with Crippen LogP contribution in [0.2, 0.25) is 0 Å². The molecule has 0 unspecified atom stereocenters. The third kappa shape index (κ3) is 4.59. The van der Waals surface area contributed by atoms with Crippen molar-refractivity contribution in [3.63, 3.8) is 0 Å². The molecule has 1 atom stereocenters. The number of nitrogens with one attached hydrogen (secondary N) is 2. The van der Waals surface area contributed by atoms with E-state index in [1.54, 1.807) is 31.2 Å². The van der Waals surface area contributed by atoms with Gasteiger partial charge in [0, 0.05) is 11.4 Å². The second-order valence-electron chi connectivity index (χ2n) is 6.20. The standard InChI is InChI=1S/C20H24N2O3/c1-12-10-13(2)18(14(3)11-12)22-19(23)15(4)21-17-8-6-16(7-9-17)20(24)25-5/h6-11,15,21H,1-5H3,(H,22,23)/t15-/m0/s1. The Kier molecular flexibility index (Phi) is 5.80. The normalized spacial score (nSPS) is 11.6. The maximum atomic E-state index is 12.5. The monoisotopic (exact) mass is 340 g/mol. The van der Waals surface area contributed by atoms with E-state index in [0.717, 1.165) is 22.5 Å². The Morgan fingerprint density at radius 1 is 1.00 bits per heavy atom. The Bertz CT molecular complexity index is 759. The van der Waals surface area contributed by atoms with E-state index in [1.165, 1.54) is 12.7 Å². The molecule has 5 nitrogen and oxygen atoms in total. The van der Waals surface area contributed by atoms with E-state index in [0.29, 0.717) is 5.56 Å². The van der Waals surface area contributed by atoms with E-state index in [4.69, 9.17) is 0 Å². The van der Waals surface area contributed by atoms with E-state index in [2.05, 4.69) is 15.4 Å². The second-order valence-corrected chi connectivity index (χ2v) is 6.20. The van der Waals surface area contributed by atoms with Crippen molar-refractivity contribution >= 4 is 23.3 Å². The van der Waals surface area contributed by atoms with Gasteiger partial charge in [-0.05, 0) is 63.1 Å². The fourth-order valence-corrected chi connectivity index (χ4v) is 2.74. The molecule has 2 rings (SSSR count). The number of esters is 1. The Hall–Kier alpha value is -2.82. The molecule has 5 heteroatoms. The Morgan fingerprint density at radius 3 is 2.08 bits per heavy atom. The van der Waals surface area contributed by atoms with Gasteiger partial charge < -0.3 is 15.4 Å². The van der Waals surface area contributed by atoms with Crippen LogP contribution in [-0.4, -0.2) is 25.0 Å². The van der Waals surface area contributed by atoms with Crippen molar-refractivity contribution in [3.8, 4) is 0 Å². The highest BCUT2D eigenvalue weighted by molar-refractivity contribution is 5.97. The first-order valence-corrected chi connectivity index (χ1v) is 8.15. The van der Waals surface area contributed by atoms with Gasteiger partial charge in [0.2, 0.25) is 5.91 Å². The zero-order valence-electron chi connectivity index (χ0n) is 15.3. The van der Waals surface area contributed by atoms with Crippen LogP contribution in [0, 0.1) is 20.8 Å². The summed E-state index contributed by atoms with van der Waals surface area (Å²) in [5, 5.41) is 6.12. The SMILES string of the molecule is COC(=O)c1ccc(N[C@@H](C)C(=O)Nc2c(C)cc(C)cc2C)cc1. The van der Waals surface area contributed by atoms with Gasteiger partial charge in [0.25, 0.3) is 0 Å². The van der Waals surface area contributed by atoms with Gasteiger partial charge in [-0.2, -0.15) is 0 Å². The molecule has 2 aromatic rings. The van der Waals surface area contributed by atoms with Crippen molar-refractivity contribution < 1.29 is 14.3 Å². The first kappa shape index (κ1) is 18.5. The molecule has 0 saturated heterocycles.